The van der Waals surface area contributed by atoms with Crippen molar-refractivity contribution in [3.05, 3.63) is 44.7 Å². The van der Waals surface area contributed by atoms with Gasteiger partial charge in [0.25, 0.3) is 5.56 Å². The van der Waals surface area contributed by atoms with Crippen LogP contribution in [0.15, 0.2) is 23.0 Å². The molecule has 6 heteroatoms. The molecule has 0 atom stereocenters. The Bertz CT molecular complexity index is 707. The highest BCUT2D eigenvalue weighted by molar-refractivity contribution is 6.31. The number of aromatic nitrogens is 1. The van der Waals surface area contributed by atoms with E-state index in [-0.39, 0.29) is 5.56 Å². The average molecular weight is 281 g/mol. The number of hydrogen-bond donors (Lipinski definition) is 2. The summed E-state index contributed by atoms with van der Waals surface area (Å²) in [5.74, 6) is -1.25. The van der Waals surface area contributed by atoms with Gasteiger partial charge in [-0.05, 0) is 37.9 Å². The first-order valence-corrected chi connectivity index (χ1v) is 6.00. The Balaban J connectivity index is 2.75. The van der Waals surface area contributed by atoms with E-state index >= 15 is 0 Å². The van der Waals surface area contributed by atoms with E-state index in [9.17, 15) is 9.59 Å². The molecule has 0 radical (unpaired) electrons. The maximum absolute atomic E-state index is 11.7. The van der Waals surface area contributed by atoms with Gasteiger partial charge >= 0.3 is 5.97 Å². The second-order valence-electron chi connectivity index (χ2n) is 4.58. The van der Waals surface area contributed by atoms with Crippen molar-refractivity contribution >= 4 is 28.5 Å². The number of rotatable bonds is 3. The van der Waals surface area contributed by atoms with Crippen LogP contribution in [0.4, 0.5) is 0 Å². The topological polar surface area (TPSA) is 73.4 Å². The number of hydrogen-bond acceptors (Lipinski definition) is 3. The van der Waals surface area contributed by atoms with Crippen LogP contribution in [0.1, 0.15) is 15.9 Å². The fourth-order valence-electron chi connectivity index (χ4n) is 1.98. The van der Waals surface area contributed by atoms with E-state index in [0.29, 0.717) is 22.5 Å². The molecule has 0 aliphatic heterocycles. The lowest BCUT2D eigenvalue weighted by atomic mass is 10.1. The molecular formula is C13H13ClN2O3. The third-order valence-corrected chi connectivity index (χ3v) is 2.93. The first kappa shape index (κ1) is 13.6. The molecule has 1 aromatic heterocycles. The third-order valence-electron chi connectivity index (χ3n) is 2.72. The number of benzene rings is 1. The summed E-state index contributed by atoms with van der Waals surface area (Å²) in [5.41, 5.74) is 0.572. The molecule has 0 aliphatic rings. The SMILES string of the molecule is CN(C)Cc1cc(Cl)cc2cc(C(=O)O)c(=O)[nH]c12. The number of nitrogens with zero attached hydrogens (tertiary/aromatic N) is 1. The molecule has 1 aromatic carbocycles. The first-order chi connectivity index (χ1) is 8.88. The second kappa shape index (κ2) is 5.03. The summed E-state index contributed by atoms with van der Waals surface area (Å²) in [7, 11) is 3.80. The Hall–Kier alpha value is -1.85. The van der Waals surface area contributed by atoms with Crippen molar-refractivity contribution in [1.82, 2.24) is 9.88 Å². The molecule has 100 valence electrons. The van der Waals surface area contributed by atoms with Crippen LogP contribution in [-0.2, 0) is 6.54 Å². The number of fused-ring (bicyclic) bond motifs is 1. The number of halogens is 1. The molecule has 0 fully saturated rings. The van der Waals surface area contributed by atoms with Gasteiger partial charge in [0.15, 0.2) is 0 Å². The van der Waals surface area contributed by atoms with Gasteiger partial charge in [-0.15, -0.1) is 0 Å². The molecule has 0 amide bonds. The number of carboxylic acid groups (broad SMARTS) is 1. The normalized spacial score (nSPS) is 11.2. The summed E-state index contributed by atoms with van der Waals surface area (Å²) in [6.07, 6.45) is 0. The number of aromatic amines is 1. The molecule has 0 unspecified atom stereocenters. The number of H-pyrrole nitrogens is 1. The molecule has 0 saturated heterocycles. The van der Waals surface area contributed by atoms with Crippen LogP contribution in [-0.4, -0.2) is 35.1 Å². The average Bonchev–Trinajstić information content (AvgIpc) is 2.28. The van der Waals surface area contributed by atoms with Gasteiger partial charge in [0.05, 0.1) is 5.52 Å². The van der Waals surface area contributed by atoms with Crippen molar-refractivity contribution in [1.29, 1.82) is 0 Å². The Labute approximate surface area is 114 Å². The molecular weight excluding hydrogens is 268 g/mol. The highest BCUT2D eigenvalue weighted by Gasteiger charge is 2.13. The Kier molecular flexibility index (Phi) is 3.59. The quantitative estimate of drug-likeness (QED) is 0.901. The van der Waals surface area contributed by atoms with Crippen LogP contribution in [0.3, 0.4) is 0 Å². The van der Waals surface area contributed by atoms with Crippen LogP contribution < -0.4 is 5.56 Å². The second-order valence-corrected chi connectivity index (χ2v) is 5.02. The number of carbonyl (C=O) groups is 1. The van der Waals surface area contributed by atoms with Crippen molar-refractivity contribution in [2.75, 3.05) is 14.1 Å². The molecule has 2 rings (SSSR count). The lowest BCUT2D eigenvalue weighted by Crippen LogP contribution is -2.18. The van der Waals surface area contributed by atoms with E-state index < -0.39 is 11.5 Å². The first-order valence-electron chi connectivity index (χ1n) is 5.62. The largest absolute Gasteiger partial charge is 0.477 e. The van der Waals surface area contributed by atoms with E-state index in [1.807, 2.05) is 19.0 Å². The zero-order valence-electron chi connectivity index (χ0n) is 10.5. The van der Waals surface area contributed by atoms with Crippen molar-refractivity contribution in [2.24, 2.45) is 0 Å². The number of aromatic carboxylic acids is 1. The summed E-state index contributed by atoms with van der Waals surface area (Å²) < 4.78 is 0. The lowest BCUT2D eigenvalue weighted by molar-refractivity contribution is 0.0695. The van der Waals surface area contributed by atoms with Gasteiger partial charge in [0.2, 0.25) is 0 Å². The number of nitrogens with one attached hydrogen (secondary N) is 1. The minimum Gasteiger partial charge on any atom is -0.477 e. The number of pyridine rings is 1. The fourth-order valence-corrected chi connectivity index (χ4v) is 2.23. The molecule has 5 nitrogen and oxygen atoms in total. The van der Waals surface area contributed by atoms with Gasteiger partial charge in [-0.2, -0.15) is 0 Å². The van der Waals surface area contributed by atoms with Crippen LogP contribution in [0, 0.1) is 0 Å². The van der Waals surface area contributed by atoms with Crippen molar-refractivity contribution in [3.63, 3.8) is 0 Å². The van der Waals surface area contributed by atoms with Gasteiger partial charge in [-0.1, -0.05) is 11.6 Å². The van der Waals surface area contributed by atoms with Crippen LogP contribution in [0.5, 0.6) is 0 Å². The zero-order chi connectivity index (χ0) is 14.2. The summed E-state index contributed by atoms with van der Waals surface area (Å²) >= 11 is 6.02. The number of carboxylic acids is 1. The molecule has 2 aromatic rings. The maximum Gasteiger partial charge on any atom is 0.341 e. The van der Waals surface area contributed by atoms with Crippen LogP contribution in [0.25, 0.3) is 10.9 Å². The Morgan fingerprint density at radius 2 is 2.05 bits per heavy atom. The van der Waals surface area contributed by atoms with Gasteiger partial charge in [-0.25, -0.2) is 4.79 Å². The van der Waals surface area contributed by atoms with E-state index in [1.54, 1.807) is 12.1 Å². The predicted octanol–water partition coefficient (Wildman–Crippen LogP) is 1.94. The molecule has 1 heterocycles. The van der Waals surface area contributed by atoms with E-state index in [2.05, 4.69) is 4.98 Å². The van der Waals surface area contributed by atoms with Crippen molar-refractivity contribution in [3.8, 4) is 0 Å². The van der Waals surface area contributed by atoms with Gasteiger partial charge < -0.3 is 15.0 Å². The Morgan fingerprint density at radius 1 is 1.37 bits per heavy atom. The van der Waals surface area contributed by atoms with Gasteiger partial charge in [-0.3, -0.25) is 4.79 Å². The molecule has 0 spiro atoms. The lowest BCUT2D eigenvalue weighted by Gasteiger charge is -2.13. The highest BCUT2D eigenvalue weighted by Crippen LogP contribution is 2.23. The van der Waals surface area contributed by atoms with Crippen LogP contribution in [0.2, 0.25) is 5.02 Å². The van der Waals surface area contributed by atoms with E-state index in [1.165, 1.54) is 6.07 Å². The summed E-state index contributed by atoms with van der Waals surface area (Å²) in [6, 6.07) is 4.75. The maximum atomic E-state index is 11.7. The molecule has 0 aliphatic carbocycles. The minimum absolute atomic E-state index is 0.287. The monoisotopic (exact) mass is 280 g/mol. The molecule has 0 saturated carbocycles. The highest BCUT2D eigenvalue weighted by atomic mass is 35.5. The van der Waals surface area contributed by atoms with E-state index in [0.717, 1.165) is 5.56 Å². The smallest absolute Gasteiger partial charge is 0.341 e. The Morgan fingerprint density at radius 3 is 2.63 bits per heavy atom. The minimum atomic E-state index is -1.25. The van der Waals surface area contributed by atoms with E-state index in [4.69, 9.17) is 16.7 Å². The zero-order valence-corrected chi connectivity index (χ0v) is 11.3. The predicted molar refractivity (Wildman–Crippen MR) is 73.9 cm³/mol. The van der Waals surface area contributed by atoms with Crippen LogP contribution >= 0.6 is 11.6 Å². The molecule has 2 N–H and O–H groups in total. The van der Waals surface area contributed by atoms with Gasteiger partial charge in [0, 0.05) is 17.0 Å². The van der Waals surface area contributed by atoms with Gasteiger partial charge in [0.1, 0.15) is 5.56 Å². The standard InChI is InChI=1S/C13H13ClN2O3/c1-16(2)6-8-4-9(14)3-7-5-10(13(18)19)12(17)15-11(7)8/h3-5H,6H2,1-2H3,(H,15,17)(H,18,19). The van der Waals surface area contributed by atoms with Crippen molar-refractivity contribution < 1.29 is 9.90 Å². The molecule has 19 heavy (non-hydrogen) atoms. The summed E-state index contributed by atoms with van der Waals surface area (Å²) in [6.45, 7) is 0.597. The fraction of sp³-hybridized carbons (Fsp3) is 0.231. The molecule has 0 bridgehead atoms. The summed E-state index contributed by atoms with van der Waals surface area (Å²) in [4.78, 5) is 27.2. The summed E-state index contributed by atoms with van der Waals surface area (Å²) in [5, 5.41) is 10.1. The van der Waals surface area contributed by atoms with Crippen molar-refractivity contribution in [2.45, 2.75) is 6.54 Å². The third kappa shape index (κ3) is 2.77.